The highest BCUT2D eigenvalue weighted by Gasteiger charge is 2.12. The lowest BCUT2D eigenvalue weighted by Crippen LogP contribution is -1.88. The molecule has 5 aromatic rings. The van der Waals surface area contributed by atoms with Crippen LogP contribution >= 0.6 is 0 Å². The van der Waals surface area contributed by atoms with Crippen molar-refractivity contribution < 1.29 is 4.74 Å². The number of benzene rings is 3. The maximum Gasteiger partial charge on any atom is 0.120 e. The minimum atomic E-state index is 0.760. The Kier molecular flexibility index (Phi) is 4.62. The molecule has 0 amide bonds. The molecule has 0 aliphatic rings. The highest BCUT2D eigenvalue weighted by molar-refractivity contribution is 5.76. The maximum absolute atomic E-state index is 5.55. The molecule has 0 bridgehead atoms. The number of nitrogens with zero attached hydrogens (tertiary/aromatic N) is 2. The van der Waals surface area contributed by atoms with E-state index in [1.165, 1.54) is 0 Å². The fourth-order valence-corrected chi connectivity index (χ4v) is 3.48. The molecule has 0 radical (unpaired) electrons. The molecule has 5 rings (SSSR count). The van der Waals surface area contributed by atoms with Gasteiger partial charge in [-0.25, -0.2) is 0 Å². The second kappa shape index (κ2) is 7.72. The van der Waals surface area contributed by atoms with Gasteiger partial charge in [-0.3, -0.25) is 10.2 Å². The number of ether oxygens (including phenoxy) is 1. The van der Waals surface area contributed by atoms with Gasteiger partial charge in [-0.2, -0.15) is 10.2 Å². The first-order valence-electron chi connectivity index (χ1n) is 9.71. The molecule has 5 heteroatoms. The van der Waals surface area contributed by atoms with Crippen LogP contribution in [0.3, 0.4) is 0 Å². The van der Waals surface area contributed by atoms with Gasteiger partial charge in [0, 0.05) is 11.1 Å². The molecule has 2 N–H and O–H groups in total. The van der Waals surface area contributed by atoms with Crippen molar-refractivity contribution >= 4 is 0 Å². The van der Waals surface area contributed by atoms with E-state index in [0.717, 1.165) is 50.8 Å². The first-order valence-corrected chi connectivity index (χ1v) is 9.71. The zero-order valence-electron chi connectivity index (χ0n) is 16.5. The highest BCUT2D eigenvalue weighted by Crippen LogP contribution is 2.32. The summed E-state index contributed by atoms with van der Waals surface area (Å²) in [5.41, 5.74) is 7.78. The van der Waals surface area contributed by atoms with E-state index >= 15 is 0 Å². The number of nitrogens with one attached hydrogen (secondary N) is 2. The zero-order valence-corrected chi connectivity index (χ0v) is 16.5. The molecule has 2 heterocycles. The molecule has 0 saturated heterocycles. The monoisotopic (exact) mass is 392 g/mol. The van der Waals surface area contributed by atoms with Crippen molar-refractivity contribution in [3.05, 3.63) is 91.0 Å². The molecule has 0 saturated carbocycles. The first kappa shape index (κ1) is 17.9. The van der Waals surface area contributed by atoms with E-state index in [9.17, 15) is 0 Å². The molecule has 2 aromatic heterocycles. The van der Waals surface area contributed by atoms with Gasteiger partial charge in [0.1, 0.15) is 5.75 Å². The molecule has 146 valence electrons. The summed E-state index contributed by atoms with van der Waals surface area (Å²) in [6, 6.07) is 30.5. The lowest BCUT2D eigenvalue weighted by atomic mass is 10.0. The van der Waals surface area contributed by atoms with Crippen molar-refractivity contribution in [2.24, 2.45) is 0 Å². The highest BCUT2D eigenvalue weighted by atomic mass is 16.5. The van der Waals surface area contributed by atoms with Crippen molar-refractivity contribution in [2.45, 2.75) is 0 Å². The van der Waals surface area contributed by atoms with E-state index in [4.69, 9.17) is 4.74 Å². The third-order valence-corrected chi connectivity index (χ3v) is 5.06. The molecule has 3 aromatic carbocycles. The molecule has 0 aliphatic carbocycles. The zero-order chi connectivity index (χ0) is 20.3. The number of H-pyrrole nitrogens is 2. The average molecular weight is 392 g/mol. The molecular formula is C25H20N4O. The Morgan fingerprint density at radius 3 is 1.47 bits per heavy atom. The van der Waals surface area contributed by atoms with Crippen molar-refractivity contribution in [1.29, 1.82) is 0 Å². The van der Waals surface area contributed by atoms with E-state index in [2.05, 4.69) is 50.7 Å². The van der Waals surface area contributed by atoms with Gasteiger partial charge in [0.05, 0.1) is 29.9 Å². The number of methoxy groups -OCH3 is 1. The lowest BCUT2D eigenvalue weighted by molar-refractivity contribution is 0.415. The average Bonchev–Trinajstić information content (AvgIpc) is 3.50. The smallest absolute Gasteiger partial charge is 0.120 e. The number of aromatic nitrogens is 4. The minimum Gasteiger partial charge on any atom is -0.497 e. The van der Waals surface area contributed by atoms with Crippen molar-refractivity contribution in [2.75, 3.05) is 7.11 Å². The van der Waals surface area contributed by atoms with E-state index in [1.54, 1.807) is 7.11 Å². The second-order valence-corrected chi connectivity index (χ2v) is 7.02. The van der Waals surface area contributed by atoms with Crippen molar-refractivity contribution in [1.82, 2.24) is 20.4 Å². The van der Waals surface area contributed by atoms with Crippen molar-refractivity contribution in [3.63, 3.8) is 0 Å². The predicted molar refractivity (Wildman–Crippen MR) is 119 cm³/mol. The Balaban J connectivity index is 1.52. The largest absolute Gasteiger partial charge is 0.497 e. The second-order valence-electron chi connectivity index (χ2n) is 7.02. The van der Waals surface area contributed by atoms with E-state index in [1.807, 2.05) is 60.7 Å². The van der Waals surface area contributed by atoms with Crippen LogP contribution in [0.1, 0.15) is 0 Å². The SMILES string of the molecule is COc1cc(-c2cc(-c3ccccc3)[nH]n2)cc(-c2cc(-c3ccccc3)[nH]n2)c1. The molecule has 0 fully saturated rings. The number of aromatic amines is 2. The Morgan fingerprint density at radius 2 is 1.03 bits per heavy atom. The van der Waals surface area contributed by atoms with Crippen LogP contribution < -0.4 is 4.74 Å². The maximum atomic E-state index is 5.55. The molecule has 0 spiro atoms. The van der Waals surface area contributed by atoms with Crippen LogP contribution in [0.15, 0.2) is 91.0 Å². The van der Waals surface area contributed by atoms with E-state index < -0.39 is 0 Å². The van der Waals surface area contributed by atoms with Crippen LogP contribution in [0.25, 0.3) is 45.0 Å². The number of hydrogen-bond donors (Lipinski definition) is 2. The summed E-state index contributed by atoms with van der Waals surface area (Å²) in [5, 5.41) is 15.3. The topological polar surface area (TPSA) is 66.6 Å². The minimum absolute atomic E-state index is 0.760. The molecular weight excluding hydrogens is 372 g/mol. The molecule has 5 nitrogen and oxygen atoms in total. The third kappa shape index (κ3) is 3.49. The molecule has 0 aliphatic heterocycles. The predicted octanol–water partition coefficient (Wildman–Crippen LogP) is 5.81. The standard InChI is InChI=1S/C25H20N4O/c1-30-21-13-19(24-15-22(26-28-24)17-8-4-2-5-9-17)12-20(14-21)25-16-23(27-29-25)18-10-6-3-7-11-18/h2-16H,1H3,(H,26,28)(H,27,29). The van der Waals surface area contributed by atoms with Gasteiger partial charge < -0.3 is 4.74 Å². The van der Waals surface area contributed by atoms with Crippen LogP contribution in [-0.2, 0) is 0 Å². The Morgan fingerprint density at radius 1 is 0.567 bits per heavy atom. The summed E-state index contributed by atoms with van der Waals surface area (Å²) in [4.78, 5) is 0. The fraction of sp³-hybridized carbons (Fsp3) is 0.0400. The van der Waals surface area contributed by atoms with Crippen LogP contribution in [0.4, 0.5) is 0 Å². The molecule has 30 heavy (non-hydrogen) atoms. The first-order chi connectivity index (χ1) is 14.8. The van der Waals surface area contributed by atoms with Gasteiger partial charge in [-0.15, -0.1) is 0 Å². The fourth-order valence-electron chi connectivity index (χ4n) is 3.48. The van der Waals surface area contributed by atoms with Crippen molar-refractivity contribution in [3.8, 4) is 50.8 Å². The van der Waals surface area contributed by atoms with Gasteiger partial charge in [0.15, 0.2) is 0 Å². The summed E-state index contributed by atoms with van der Waals surface area (Å²) in [5.74, 6) is 0.760. The van der Waals surface area contributed by atoms with Gasteiger partial charge in [0.2, 0.25) is 0 Å². The number of hydrogen-bond acceptors (Lipinski definition) is 3. The summed E-state index contributed by atoms with van der Waals surface area (Å²) >= 11 is 0. The van der Waals surface area contributed by atoms with Gasteiger partial charge >= 0.3 is 0 Å². The van der Waals surface area contributed by atoms with E-state index in [-0.39, 0.29) is 0 Å². The van der Waals surface area contributed by atoms with Crippen LogP contribution in [0.5, 0.6) is 5.75 Å². The number of rotatable bonds is 5. The summed E-state index contributed by atoms with van der Waals surface area (Å²) in [6.07, 6.45) is 0. The van der Waals surface area contributed by atoms with Gasteiger partial charge in [-0.05, 0) is 41.5 Å². The normalized spacial score (nSPS) is 10.8. The van der Waals surface area contributed by atoms with Gasteiger partial charge in [0.25, 0.3) is 0 Å². The van der Waals surface area contributed by atoms with Gasteiger partial charge in [-0.1, -0.05) is 60.7 Å². The van der Waals surface area contributed by atoms with Crippen LogP contribution in [-0.4, -0.2) is 27.5 Å². The van der Waals surface area contributed by atoms with Crippen LogP contribution in [0.2, 0.25) is 0 Å². The Bertz CT molecular complexity index is 1180. The Hall–Kier alpha value is -4.12. The third-order valence-electron chi connectivity index (χ3n) is 5.06. The Labute approximate surface area is 174 Å². The molecule has 0 atom stereocenters. The summed E-state index contributed by atoms with van der Waals surface area (Å²) in [6.45, 7) is 0. The molecule has 0 unspecified atom stereocenters. The lowest BCUT2D eigenvalue weighted by Gasteiger charge is -2.06. The summed E-state index contributed by atoms with van der Waals surface area (Å²) in [7, 11) is 1.67. The van der Waals surface area contributed by atoms with E-state index in [0.29, 0.717) is 0 Å². The van der Waals surface area contributed by atoms with Crippen LogP contribution in [0, 0.1) is 0 Å². The quantitative estimate of drug-likeness (QED) is 0.397. The summed E-state index contributed by atoms with van der Waals surface area (Å²) < 4.78 is 5.55.